The molecule has 0 radical (unpaired) electrons. The predicted octanol–water partition coefficient (Wildman–Crippen LogP) is 1.23. The Hall–Kier alpha value is -1.46. The summed E-state index contributed by atoms with van der Waals surface area (Å²) in [5, 5.41) is 8.48. The van der Waals surface area contributed by atoms with Gasteiger partial charge in [0.25, 0.3) is 0 Å². The van der Waals surface area contributed by atoms with Gasteiger partial charge in [0.1, 0.15) is 11.9 Å². The van der Waals surface area contributed by atoms with Crippen LogP contribution in [0, 0.1) is 5.82 Å². The molecule has 88 valence electrons. The fourth-order valence-electron chi connectivity index (χ4n) is 1.04. The van der Waals surface area contributed by atoms with Crippen LogP contribution in [0.3, 0.4) is 0 Å². The van der Waals surface area contributed by atoms with Crippen molar-refractivity contribution in [1.82, 2.24) is 0 Å². The number of hydrogen-bond donors (Lipinski definition) is 2. The summed E-state index contributed by atoms with van der Waals surface area (Å²) in [5.74, 6) is -2.09. The van der Waals surface area contributed by atoms with E-state index in [9.17, 15) is 14.0 Å². The van der Waals surface area contributed by atoms with Gasteiger partial charge in [-0.1, -0.05) is 0 Å². The Bertz CT molecular complexity index is 380. The molecule has 0 saturated heterocycles. The Labute approximate surface area is 97.7 Å². The number of hydrogen-bond acceptors (Lipinski definition) is 3. The second-order valence-corrected chi connectivity index (χ2v) is 3.08. The van der Waals surface area contributed by atoms with Gasteiger partial charge in [0.05, 0.1) is 0 Å². The number of carboxylic acid groups (broad SMARTS) is 1. The maximum Gasteiger partial charge on any atom is 0.320 e. The zero-order valence-electron chi connectivity index (χ0n) is 8.22. The summed E-state index contributed by atoms with van der Waals surface area (Å²) >= 11 is 0. The first-order valence-corrected chi connectivity index (χ1v) is 4.28. The van der Waals surface area contributed by atoms with E-state index in [0.717, 1.165) is 12.1 Å². The number of nitrogens with two attached hydrogens (primary N) is 1. The molecule has 1 aromatic carbocycles. The van der Waals surface area contributed by atoms with E-state index in [1.807, 2.05) is 0 Å². The Morgan fingerprint density at radius 2 is 1.81 bits per heavy atom. The molecule has 0 spiro atoms. The van der Waals surface area contributed by atoms with Crippen LogP contribution in [-0.2, 0) is 4.79 Å². The first-order valence-electron chi connectivity index (χ1n) is 4.28. The zero-order chi connectivity index (χ0) is 11.4. The van der Waals surface area contributed by atoms with Crippen LogP contribution in [0.5, 0.6) is 0 Å². The molecule has 1 aromatic rings. The Morgan fingerprint density at radius 1 is 1.31 bits per heavy atom. The molecule has 1 rings (SSSR count). The van der Waals surface area contributed by atoms with Crippen LogP contribution in [0.4, 0.5) is 4.39 Å². The molecule has 0 unspecified atom stereocenters. The largest absolute Gasteiger partial charge is 0.480 e. The maximum atomic E-state index is 12.5. The van der Waals surface area contributed by atoms with Crippen LogP contribution < -0.4 is 5.73 Å². The van der Waals surface area contributed by atoms with E-state index in [1.165, 1.54) is 12.1 Å². The summed E-state index contributed by atoms with van der Waals surface area (Å²) in [6.45, 7) is 0. The predicted molar refractivity (Wildman–Crippen MR) is 58.2 cm³/mol. The number of carboxylic acids is 1. The number of aliphatic carboxylic acids is 1. The third-order valence-corrected chi connectivity index (χ3v) is 1.89. The fraction of sp³-hybridized carbons (Fsp3) is 0.200. The van der Waals surface area contributed by atoms with Gasteiger partial charge >= 0.3 is 5.97 Å². The molecule has 0 aliphatic carbocycles. The number of Topliss-reactive ketones (excluding diaryl/α,β-unsaturated/α-hetero) is 1. The standard InChI is InChI=1S/C10H10FNO3.ClH/c11-7-3-1-6(2-4-7)9(13)5-8(12)10(14)15;/h1-4,8H,5,12H2,(H,14,15);1H/t8-;/m0./s1. The van der Waals surface area contributed by atoms with Gasteiger partial charge in [-0.2, -0.15) is 0 Å². The molecule has 0 aliphatic rings. The molecule has 0 heterocycles. The molecule has 0 saturated carbocycles. The molecule has 0 aromatic heterocycles. The van der Waals surface area contributed by atoms with Crippen molar-refractivity contribution in [2.24, 2.45) is 5.73 Å². The second-order valence-electron chi connectivity index (χ2n) is 3.08. The fourth-order valence-corrected chi connectivity index (χ4v) is 1.04. The normalized spacial score (nSPS) is 11.4. The van der Waals surface area contributed by atoms with Crippen LogP contribution in [0.2, 0.25) is 0 Å². The van der Waals surface area contributed by atoms with Crippen molar-refractivity contribution in [3.63, 3.8) is 0 Å². The van der Waals surface area contributed by atoms with Gasteiger partial charge < -0.3 is 10.8 Å². The van der Waals surface area contributed by atoms with Crippen LogP contribution in [0.1, 0.15) is 16.8 Å². The van der Waals surface area contributed by atoms with Gasteiger partial charge in [-0.15, -0.1) is 12.4 Å². The van der Waals surface area contributed by atoms with Crippen molar-refractivity contribution >= 4 is 24.2 Å². The average Bonchev–Trinajstić information content (AvgIpc) is 2.18. The summed E-state index contributed by atoms with van der Waals surface area (Å²) in [4.78, 5) is 21.8. The minimum absolute atomic E-state index is 0. The summed E-state index contributed by atoms with van der Waals surface area (Å²) < 4.78 is 12.5. The minimum Gasteiger partial charge on any atom is -0.480 e. The molecular formula is C10H11ClFNO3. The molecule has 0 bridgehead atoms. The van der Waals surface area contributed by atoms with Crippen molar-refractivity contribution in [1.29, 1.82) is 0 Å². The quantitative estimate of drug-likeness (QED) is 0.785. The molecule has 0 aliphatic heterocycles. The summed E-state index contributed by atoms with van der Waals surface area (Å²) in [6, 6.07) is 3.65. The highest BCUT2D eigenvalue weighted by Crippen LogP contribution is 2.06. The smallest absolute Gasteiger partial charge is 0.320 e. The lowest BCUT2D eigenvalue weighted by molar-refractivity contribution is -0.138. The molecular weight excluding hydrogens is 237 g/mol. The van der Waals surface area contributed by atoms with Crippen LogP contribution >= 0.6 is 12.4 Å². The van der Waals surface area contributed by atoms with E-state index < -0.39 is 23.6 Å². The van der Waals surface area contributed by atoms with Gasteiger partial charge in [-0.05, 0) is 24.3 Å². The zero-order valence-corrected chi connectivity index (χ0v) is 9.04. The molecule has 0 fully saturated rings. The van der Waals surface area contributed by atoms with E-state index in [4.69, 9.17) is 10.8 Å². The van der Waals surface area contributed by atoms with Crippen LogP contribution in [-0.4, -0.2) is 22.9 Å². The van der Waals surface area contributed by atoms with Gasteiger partial charge in [-0.25, -0.2) is 4.39 Å². The molecule has 4 nitrogen and oxygen atoms in total. The third kappa shape index (κ3) is 3.96. The van der Waals surface area contributed by atoms with E-state index in [2.05, 4.69) is 0 Å². The van der Waals surface area contributed by atoms with E-state index in [0.29, 0.717) is 0 Å². The number of halogens is 2. The Morgan fingerprint density at radius 3 is 2.25 bits per heavy atom. The molecule has 6 heteroatoms. The number of carbonyl (C=O) groups is 2. The first-order chi connectivity index (χ1) is 7.00. The highest BCUT2D eigenvalue weighted by Gasteiger charge is 2.17. The summed E-state index contributed by atoms with van der Waals surface area (Å²) in [7, 11) is 0. The minimum atomic E-state index is -1.23. The lowest BCUT2D eigenvalue weighted by atomic mass is 10.0. The summed E-state index contributed by atoms with van der Waals surface area (Å²) in [6.07, 6.45) is -0.291. The lowest BCUT2D eigenvalue weighted by Crippen LogP contribution is -2.32. The number of rotatable bonds is 4. The average molecular weight is 248 g/mol. The molecule has 16 heavy (non-hydrogen) atoms. The molecule has 1 atom stereocenters. The SMILES string of the molecule is Cl.N[C@@H](CC(=O)c1ccc(F)cc1)C(=O)O. The third-order valence-electron chi connectivity index (χ3n) is 1.89. The van der Waals surface area contributed by atoms with Crippen molar-refractivity contribution < 1.29 is 19.1 Å². The van der Waals surface area contributed by atoms with Crippen molar-refractivity contribution in [2.45, 2.75) is 12.5 Å². The van der Waals surface area contributed by atoms with Crippen molar-refractivity contribution in [3.8, 4) is 0 Å². The lowest BCUT2D eigenvalue weighted by Gasteiger charge is -2.04. The first kappa shape index (κ1) is 14.5. The van der Waals surface area contributed by atoms with Gasteiger partial charge in [0.15, 0.2) is 5.78 Å². The van der Waals surface area contributed by atoms with E-state index in [-0.39, 0.29) is 24.4 Å². The van der Waals surface area contributed by atoms with E-state index >= 15 is 0 Å². The van der Waals surface area contributed by atoms with Crippen molar-refractivity contribution in [3.05, 3.63) is 35.6 Å². The van der Waals surface area contributed by atoms with Crippen LogP contribution in [0.25, 0.3) is 0 Å². The Balaban J connectivity index is 0.00000225. The van der Waals surface area contributed by atoms with Gasteiger partial charge in [-0.3, -0.25) is 9.59 Å². The van der Waals surface area contributed by atoms with E-state index in [1.54, 1.807) is 0 Å². The van der Waals surface area contributed by atoms with Gasteiger partial charge in [0.2, 0.25) is 0 Å². The highest BCUT2D eigenvalue weighted by atomic mass is 35.5. The number of benzene rings is 1. The topological polar surface area (TPSA) is 80.4 Å². The highest BCUT2D eigenvalue weighted by molar-refractivity contribution is 5.98. The molecule has 3 N–H and O–H groups in total. The number of ketones is 1. The monoisotopic (exact) mass is 247 g/mol. The second kappa shape index (κ2) is 6.19. The maximum absolute atomic E-state index is 12.5. The van der Waals surface area contributed by atoms with Crippen molar-refractivity contribution in [2.75, 3.05) is 0 Å². The summed E-state index contributed by atoms with van der Waals surface area (Å²) in [5.41, 5.74) is 5.45. The van der Waals surface area contributed by atoms with Gasteiger partial charge in [0, 0.05) is 12.0 Å². The number of carbonyl (C=O) groups excluding carboxylic acids is 1. The molecule has 0 amide bonds. The van der Waals surface area contributed by atoms with Crippen LogP contribution in [0.15, 0.2) is 24.3 Å². The Kier molecular flexibility index (Phi) is 5.63.